The van der Waals surface area contributed by atoms with Gasteiger partial charge < -0.3 is 0 Å². The highest BCUT2D eigenvalue weighted by Gasteiger charge is 2.19. The van der Waals surface area contributed by atoms with Crippen LogP contribution in [0.2, 0.25) is 0 Å². The number of aromatic nitrogens is 4. The predicted octanol–water partition coefficient (Wildman–Crippen LogP) is 11.5. The second-order valence-electron chi connectivity index (χ2n) is 13.6. The SMILES string of the molecule is Cc1ccc(-c2nc(-c3ccc(C)cc3)nc(-n3c4ccc(-c5cc(C)cc(C)c5)cc4c4cc(-c5cc(C)cc(C)c5)ccc43)n2)cc1. The molecular formula is C45H38N4. The lowest BCUT2D eigenvalue weighted by atomic mass is 9.97. The van der Waals surface area contributed by atoms with Crippen LogP contribution < -0.4 is 0 Å². The molecule has 0 amide bonds. The van der Waals surface area contributed by atoms with Crippen molar-refractivity contribution in [2.75, 3.05) is 0 Å². The van der Waals surface area contributed by atoms with Crippen LogP contribution in [0.3, 0.4) is 0 Å². The maximum Gasteiger partial charge on any atom is 0.238 e. The van der Waals surface area contributed by atoms with Crippen LogP contribution in [-0.4, -0.2) is 19.5 Å². The van der Waals surface area contributed by atoms with Crippen LogP contribution in [0.1, 0.15) is 33.4 Å². The second-order valence-corrected chi connectivity index (χ2v) is 13.6. The Kier molecular flexibility index (Phi) is 7.45. The summed E-state index contributed by atoms with van der Waals surface area (Å²) >= 11 is 0. The first-order valence-electron chi connectivity index (χ1n) is 16.8. The van der Waals surface area contributed by atoms with Gasteiger partial charge in [-0.3, -0.25) is 4.57 Å². The lowest BCUT2D eigenvalue weighted by Crippen LogP contribution is -2.06. The molecule has 49 heavy (non-hydrogen) atoms. The summed E-state index contributed by atoms with van der Waals surface area (Å²) in [6.07, 6.45) is 0. The van der Waals surface area contributed by atoms with E-state index in [4.69, 9.17) is 15.0 Å². The highest BCUT2D eigenvalue weighted by molar-refractivity contribution is 6.11. The van der Waals surface area contributed by atoms with Gasteiger partial charge in [0.2, 0.25) is 5.95 Å². The Morgan fingerprint density at radius 1 is 0.327 bits per heavy atom. The molecule has 0 aliphatic heterocycles. The molecule has 6 aromatic carbocycles. The average molecular weight is 635 g/mol. The van der Waals surface area contributed by atoms with Crippen LogP contribution in [0.5, 0.6) is 0 Å². The normalized spacial score (nSPS) is 11.5. The minimum absolute atomic E-state index is 0.597. The van der Waals surface area contributed by atoms with Gasteiger partial charge in [-0.05, 0) is 88.1 Å². The molecular weight excluding hydrogens is 597 g/mol. The van der Waals surface area contributed by atoms with Crippen LogP contribution in [-0.2, 0) is 0 Å². The summed E-state index contributed by atoms with van der Waals surface area (Å²) in [6.45, 7) is 12.8. The van der Waals surface area contributed by atoms with E-state index in [0.29, 0.717) is 17.6 Å². The molecule has 0 spiro atoms. The van der Waals surface area contributed by atoms with Crippen molar-refractivity contribution in [3.05, 3.63) is 155 Å². The van der Waals surface area contributed by atoms with Gasteiger partial charge in [-0.15, -0.1) is 0 Å². The van der Waals surface area contributed by atoms with Gasteiger partial charge in [-0.25, -0.2) is 4.98 Å². The summed E-state index contributed by atoms with van der Waals surface area (Å²) in [7, 11) is 0. The fraction of sp³-hybridized carbons (Fsp3) is 0.133. The first kappa shape index (κ1) is 30.5. The van der Waals surface area contributed by atoms with Crippen molar-refractivity contribution in [2.45, 2.75) is 41.5 Å². The molecule has 0 radical (unpaired) electrons. The lowest BCUT2D eigenvalue weighted by molar-refractivity contribution is 0.953. The fourth-order valence-electron chi connectivity index (χ4n) is 7.01. The third-order valence-electron chi connectivity index (χ3n) is 9.32. The monoisotopic (exact) mass is 634 g/mol. The molecule has 0 bridgehead atoms. The first-order chi connectivity index (χ1) is 23.7. The summed E-state index contributed by atoms with van der Waals surface area (Å²) in [6, 6.07) is 43.8. The van der Waals surface area contributed by atoms with E-state index in [1.807, 2.05) is 0 Å². The molecule has 0 atom stereocenters. The van der Waals surface area contributed by atoms with Crippen molar-refractivity contribution in [3.8, 4) is 51.0 Å². The molecule has 0 saturated carbocycles. The summed E-state index contributed by atoms with van der Waals surface area (Å²) < 4.78 is 2.21. The van der Waals surface area contributed by atoms with E-state index in [1.54, 1.807) is 0 Å². The standard InChI is InChI=1S/C45H38N4/c1-27-7-11-33(12-8-27)43-46-44(34-13-9-28(2)10-14-34)48-45(47-43)49-41-17-15-35(37-21-29(3)19-30(4)22-37)25-39(41)40-26-36(16-18-42(40)49)38-23-31(5)20-32(6)24-38/h7-26H,1-6H3. The Labute approximate surface area is 287 Å². The average Bonchev–Trinajstić information content (AvgIpc) is 3.41. The minimum Gasteiger partial charge on any atom is -0.278 e. The van der Waals surface area contributed by atoms with Crippen molar-refractivity contribution in [3.63, 3.8) is 0 Å². The van der Waals surface area contributed by atoms with Crippen LogP contribution in [0.15, 0.2) is 121 Å². The summed E-state index contributed by atoms with van der Waals surface area (Å²) in [4.78, 5) is 15.3. The van der Waals surface area contributed by atoms with E-state index in [1.165, 1.54) is 55.6 Å². The van der Waals surface area contributed by atoms with Crippen LogP contribution in [0, 0.1) is 41.5 Å². The minimum atomic E-state index is 0.597. The van der Waals surface area contributed by atoms with Gasteiger partial charge >= 0.3 is 0 Å². The molecule has 4 heteroatoms. The third kappa shape index (κ3) is 5.80. The molecule has 2 heterocycles. The molecule has 0 N–H and O–H groups in total. The summed E-state index contributed by atoms with van der Waals surface area (Å²) in [5, 5.41) is 2.32. The third-order valence-corrected chi connectivity index (χ3v) is 9.32. The second kappa shape index (κ2) is 12.0. The van der Waals surface area contributed by atoms with Gasteiger partial charge in [0.15, 0.2) is 11.6 Å². The maximum absolute atomic E-state index is 5.17. The predicted molar refractivity (Wildman–Crippen MR) is 204 cm³/mol. The zero-order valence-corrected chi connectivity index (χ0v) is 28.8. The molecule has 0 aliphatic carbocycles. The van der Waals surface area contributed by atoms with Gasteiger partial charge in [0.05, 0.1) is 11.0 Å². The lowest BCUT2D eigenvalue weighted by Gasteiger charge is -2.12. The first-order valence-corrected chi connectivity index (χ1v) is 16.8. The molecule has 0 unspecified atom stereocenters. The van der Waals surface area contributed by atoms with Crippen molar-refractivity contribution in [2.24, 2.45) is 0 Å². The Hall–Kier alpha value is -5.87. The number of rotatable bonds is 5. The van der Waals surface area contributed by atoms with Crippen molar-refractivity contribution >= 4 is 21.8 Å². The number of hydrogen-bond acceptors (Lipinski definition) is 3. The van der Waals surface area contributed by atoms with E-state index in [0.717, 1.165) is 32.9 Å². The summed E-state index contributed by atoms with van der Waals surface area (Å²) in [5.74, 6) is 1.89. The Morgan fingerprint density at radius 2 is 0.694 bits per heavy atom. The number of benzene rings is 6. The van der Waals surface area contributed by atoms with Gasteiger partial charge in [-0.1, -0.05) is 130 Å². The van der Waals surface area contributed by atoms with E-state index in [2.05, 4.69) is 167 Å². The van der Waals surface area contributed by atoms with E-state index >= 15 is 0 Å². The quantitative estimate of drug-likeness (QED) is 0.189. The van der Waals surface area contributed by atoms with Crippen molar-refractivity contribution in [1.29, 1.82) is 0 Å². The van der Waals surface area contributed by atoms with Gasteiger partial charge in [-0.2, -0.15) is 9.97 Å². The number of fused-ring (bicyclic) bond motifs is 3. The largest absolute Gasteiger partial charge is 0.278 e. The van der Waals surface area contributed by atoms with Crippen LogP contribution in [0.4, 0.5) is 0 Å². The maximum atomic E-state index is 5.17. The molecule has 0 saturated heterocycles. The van der Waals surface area contributed by atoms with Crippen LogP contribution in [0.25, 0.3) is 72.8 Å². The fourth-order valence-corrected chi connectivity index (χ4v) is 7.01. The Balaban J connectivity index is 1.42. The molecule has 8 rings (SSSR count). The van der Waals surface area contributed by atoms with Crippen molar-refractivity contribution < 1.29 is 0 Å². The number of aryl methyl sites for hydroxylation is 6. The number of nitrogens with zero attached hydrogens (tertiary/aromatic N) is 4. The summed E-state index contributed by atoms with van der Waals surface area (Å²) in [5.41, 5.74) is 16.2. The van der Waals surface area contributed by atoms with E-state index < -0.39 is 0 Å². The van der Waals surface area contributed by atoms with Gasteiger partial charge in [0, 0.05) is 21.9 Å². The van der Waals surface area contributed by atoms with E-state index in [-0.39, 0.29) is 0 Å². The Morgan fingerprint density at radius 3 is 1.08 bits per heavy atom. The molecule has 2 aromatic heterocycles. The zero-order valence-electron chi connectivity index (χ0n) is 28.8. The topological polar surface area (TPSA) is 43.6 Å². The molecule has 0 aliphatic rings. The zero-order chi connectivity index (χ0) is 33.8. The number of hydrogen-bond donors (Lipinski definition) is 0. The molecule has 0 fully saturated rings. The molecule has 8 aromatic rings. The highest BCUT2D eigenvalue weighted by Crippen LogP contribution is 2.38. The molecule has 4 nitrogen and oxygen atoms in total. The smallest absolute Gasteiger partial charge is 0.238 e. The van der Waals surface area contributed by atoms with E-state index in [9.17, 15) is 0 Å². The van der Waals surface area contributed by atoms with Crippen molar-refractivity contribution in [1.82, 2.24) is 19.5 Å². The van der Waals surface area contributed by atoms with Crippen LogP contribution >= 0.6 is 0 Å². The Bertz CT molecular complexity index is 2320. The van der Waals surface area contributed by atoms with Gasteiger partial charge in [0.1, 0.15) is 0 Å². The van der Waals surface area contributed by atoms with Gasteiger partial charge in [0.25, 0.3) is 0 Å². The highest BCUT2D eigenvalue weighted by atomic mass is 15.2. The molecule has 238 valence electrons.